The zero-order valence-corrected chi connectivity index (χ0v) is 16.2. The van der Waals surface area contributed by atoms with E-state index in [1.807, 2.05) is 0 Å². The van der Waals surface area contributed by atoms with Gasteiger partial charge in [0.25, 0.3) is 0 Å². The first-order chi connectivity index (χ1) is 12.8. The lowest BCUT2D eigenvalue weighted by molar-refractivity contribution is 0.0296. The molecule has 3 heterocycles. The molecule has 1 unspecified atom stereocenters. The van der Waals surface area contributed by atoms with E-state index in [0.29, 0.717) is 0 Å². The highest BCUT2D eigenvalue weighted by Gasteiger charge is 2.26. The Labute approximate surface area is 157 Å². The van der Waals surface area contributed by atoms with E-state index in [4.69, 9.17) is 9.72 Å². The van der Waals surface area contributed by atoms with Crippen LogP contribution in [-0.2, 0) is 11.2 Å². The molecule has 140 valence electrons. The summed E-state index contributed by atoms with van der Waals surface area (Å²) in [7, 11) is 0. The summed E-state index contributed by atoms with van der Waals surface area (Å²) in [6, 6.07) is 8.65. The van der Waals surface area contributed by atoms with E-state index in [1.54, 1.807) is 0 Å². The number of morpholine rings is 1. The highest BCUT2D eigenvalue weighted by Crippen LogP contribution is 2.35. The second-order valence-corrected chi connectivity index (χ2v) is 7.76. The molecule has 4 nitrogen and oxygen atoms in total. The first-order valence-electron chi connectivity index (χ1n) is 10.2. The van der Waals surface area contributed by atoms with Crippen LogP contribution in [0.25, 0.3) is 10.9 Å². The summed E-state index contributed by atoms with van der Waals surface area (Å²) in [5.41, 5.74) is 5.20. The molecule has 2 aromatic rings. The van der Waals surface area contributed by atoms with Gasteiger partial charge in [0.2, 0.25) is 0 Å². The molecule has 4 rings (SSSR count). The van der Waals surface area contributed by atoms with Crippen molar-refractivity contribution in [3.8, 4) is 0 Å². The fourth-order valence-corrected chi connectivity index (χ4v) is 4.70. The molecule has 1 aromatic carbocycles. The summed E-state index contributed by atoms with van der Waals surface area (Å²) in [5.74, 6) is 0.749. The number of nitrogens with zero attached hydrogens (tertiary/aromatic N) is 3. The molecular weight excluding hydrogens is 322 g/mol. The van der Waals surface area contributed by atoms with Gasteiger partial charge in [0.05, 0.1) is 24.4 Å². The van der Waals surface area contributed by atoms with Crippen molar-refractivity contribution in [2.24, 2.45) is 5.92 Å². The van der Waals surface area contributed by atoms with Gasteiger partial charge in [-0.2, -0.15) is 0 Å². The Balaban J connectivity index is 1.61. The lowest BCUT2D eigenvalue weighted by Gasteiger charge is -2.39. The highest BCUT2D eigenvalue weighted by molar-refractivity contribution is 5.94. The summed E-state index contributed by atoms with van der Waals surface area (Å²) in [4.78, 5) is 10.1. The number of hydrogen-bond acceptors (Lipinski definition) is 4. The van der Waals surface area contributed by atoms with Crippen LogP contribution in [0, 0.1) is 12.8 Å². The Morgan fingerprint density at radius 3 is 2.77 bits per heavy atom. The summed E-state index contributed by atoms with van der Waals surface area (Å²) in [6.45, 7) is 11.9. The predicted octanol–water partition coefficient (Wildman–Crippen LogP) is 3.65. The van der Waals surface area contributed by atoms with Crippen molar-refractivity contribution in [1.29, 1.82) is 0 Å². The lowest BCUT2D eigenvalue weighted by atomic mass is 9.94. The highest BCUT2D eigenvalue weighted by atomic mass is 16.5. The normalized spacial score (nSPS) is 22.1. The van der Waals surface area contributed by atoms with Crippen molar-refractivity contribution in [3.63, 3.8) is 0 Å². The van der Waals surface area contributed by atoms with Crippen molar-refractivity contribution < 1.29 is 4.74 Å². The molecule has 1 atom stereocenters. The fraction of sp³-hybridized carbons (Fsp3) is 0.591. The average Bonchev–Trinajstić information content (AvgIpc) is 2.68. The predicted molar refractivity (Wildman–Crippen MR) is 108 cm³/mol. The maximum Gasteiger partial charge on any atom is 0.0726 e. The van der Waals surface area contributed by atoms with Crippen LogP contribution in [0.15, 0.2) is 24.3 Å². The van der Waals surface area contributed by atoms with Gasteiger partial charge in [-0.15, -0.1) is 0 Å². The van der Waals surface area contributed by atoms with Crippen molar-refractivity contribution in [1.82, 2.24) is 9.88 Å². The number of benzene rings is 1. The first kappa shape index (κ1) is 17.7. The maximum absolute atomic E-state index is 5.51. The molecule has 0 saturated carbocycles. The molecule has 1 aromatic heterocycles. The number of ether oxygens (including phenoxy) is 1. The van der Waals surface area contributed by atoms with Gasteiger partial charge in [-0.05, 0) is 43.7 Å². The summed E-state index contributed by atoms with van der Waals surface area (Å²) in [5, 5.41) is 1.32. The third-order valence-corrected chi connectivity index (χ3v) is 5.98. The quantitative estimate of drug-likeness (QED) is 0.839. The van der Waals surface area contributed by atoms with Gasteiger partial charge in [-0.1, -0.05) is 25.1 Å². The van der Waals surface area contributed by atoms with E-state index in [-0.39, 0.29) is 0 Å². The van der Waals surface area contributed by atoms with Gasteiger partial charge in [0.1, 0.15) is 0 Å². The number of pyridine rings is 1. The number of rotatable bonds is 4. The van der Waals surface area contributed by atoms with Crippen LogP contribution in [0.1, 0.15) is 31.0 Å². The standard InChI is InChI=1S/C22H31N3O/c1-3-19-17(2)23-21-9-5-4-8-20(21)22(19)25-10-6-7-18(16-25)15-24-11-13-26-14-12-24/h4-5,8-9,18H,3,6-7,10-16H2,1-2H3. The molecule has 4 heteroatoms. The second-order valence-electron chi connectivity index (χ2n) is 7.76. The number of para-hydroxylation sites is 1. The molecule has 0 bridgehead atoms. The van der Waals surface area contributed by atoms with E-state index < -0.39 is 0 Å². The molecule has 26 heavy (non-hydrogen) atoms. The SMILES string of the molecule is CCc1c(C)nc2ccccc2c1N1CCCC(CN2CCOCC2)C1. The van der Waals surface area contributed by atoms with Gasteiger partial charge in [0.15, 0.2) is 0 Å². The Bertz CT molecular complexity index is 754. The van der Waals surface area contributed by atoms with Crippen LogP contribution in [0.2, 0.25) is 0 Å². The van der Waals surface area contributed by atoms with Crippen LogP contribution in [0.5, 0.6) is 0 Å². The summed E-state index contributed by atoms with van der Waals surface area (Å²) >= 11 is 0. The first-order valence-corrected chi connectivity index (χ1v) is 10.2. The monoisotopic (exact) mass is 353 g/mol. The van der Waals surface area contributed by atoms with E-state index >= 15 is 0 Å². The second kappa shape index (κ2) is 7.93. The van der Waals surface area contributed by atoms with Gasteiger partial charge < -0.3 is 9.64 Å². The van der Waals surface area contributed by atoms with Crippen LogP contribution < -0.4 is 4.90 Å². The topological polar surface area (TPSA) is 28.6 Å². The smallest absolute Gasteiger partial charge is 0.0726 e. The van der Waals surface area contributed by atoms with Crippen molar-refractivity contribution in [2.45, 2.75) is 33.1 Å². The summed E-state index contributed by atoms with van der Waals surface area (Å²) < 4.78 is 5.51. The number of piperidine rings is 1. The molecule has 0 N–H and O–H groups in total. The van der Waals surface area contributed by atoms with E-state index in [1.165, 1.54) is 48.3 Å². The third-order valence-electron chi connectivity index (χ3n) is 5.98. The molecule has 2 aliphatic heterocycles. The molecule has 2 saturated heterocycles. The Kier molecular flexibility index (Phi) is 5.41. The molecule has 2 aliphatic rings. The lowest BCUT2D eigenvalue weighted by Crippen LogP contribution is -2.44. The minimum atomic E-state index is 0.749. The fourth-order valence-electron chi connectivity index (χ4n) is 4.70. The van der Waals surface area contributed by atoms with Gasteiger partial charge in [-0.25, -0.2) is 0 Å². The average molecular weight is 354 g/mol. The zero-order chi connectivity index (χ0) is 17.9. The number of anilines is 1. The van der Waals surface area contributed by atoms with E-state index in [2.05, 4.69) is 47.9 Å². The van der Waals surface area contributed by atoms with Crippen LogP contribution >= 0.6 is 0 Å². The molecule has 2 fully saturated rings. The Morgan fingerprint density at radius 2 is 1.96 bits per heavy atom. The van der Waals surface area contributed by atoms with E-state index in [9.17, 15) is 0 Å². The molecular formula is C22H31N3O. The largest absolute Gasteiger partial charge is 0.379 e. The zero-order valence-electron chi connectivity index (χ0n) is 16.2. The van der Waals surface area contributed by atoms with Gasteiger partial charge in [0, 0.05) is 43.8 Å². The summed E-state index contributed by atoms with van der Waals surface area (Å²) in [6.07, 6.45) is 3.68. The third kappa shape index (κ3) is 3.58. The maximum atomic E-state index is 5.51. The number of hydrogen-bond donors (Lipinski definition) is 0. The molecule has 0 spiro atoms. The van der Waals surface area contributed by atoms with Crippen LogP contribution in [0.4, 0.5) is 5.69 Å². The van der Waals surface area contributed by atoms with Crippen LogP contribution in [0.3, 0.4) is 0 Å². The minimum Gasteiger partial charge on any atom is -0.379 e. The number of fused-ring (bicyclic) bond motifs is 1. The van der Waals surface area contributed by atoms with Crippen molar-refractivity contribution in [3.05, 3.63) is 35.5 Å². The van der Waals surface area contributed by atoms with Gasteiger partial charge in [-0.3, -0.25) is 9.88 Å². The number of aryl methyl sites for hydroxylation is 1. The molecule has 0 amide bonds. The minimum absolute atomic E-state index is 0.749. The van der Waals surface area contributed by atoms with Crippen molar-refractivity contribution >= 4 is 16.6 Å². The van der Waals surface area contributed by atoms with E-state index in [0.717, 1.165) is 50.7 Å². The van der Waals surface area contributed by atoms with Crippen LogP contribution in [-0.4, -0.2) is 55.8 Å². The molecule has 0 radical (unpaired) electrons. The Hall–Kier alpha value is -1.65. The Morgan fingerprint density at radius 1 is 1.15 bits per heavy atom. The van der Waals surface area contributed by atoms with Gasteiger partial charge >= 0.3 is 0 Å². The molecule has 0 aliphatic carbocycles. The van der Waals surface area contributed by atoms with Crippen molar-refractivity contribution in [2.75, 3.05) is 50.8 Å². The number of aromatic nitrogens is 1.